The number of aryl methyl sites for hydroxylation is 2. The van der Waals surface area contributed by atoms with Gasteiger partial charge in [0, 0.05) is 31.0 Å². The van der Waals surface area contributed by atoms with Gasteiger partial charge in [0.25, 0.3) is 5.56 Å². The summed E-state index contributed by atoms with van der Waals surface area (Å²) in [7, 11) is 1.83. The Hall–Kier alpha value is -2.04. The maximum Gasteiger partial charge on any atom is 0.258 e. The van der Waals surface area contributed by atoms with E-state index in [-0.39, 0.29) is 5.56 Å². The van der Waals surface area contributed by atoms with Crippen LogP contribution in [0.25, 0.3) is 5.69 Å². The summed E-state index contributed by atoms with van der Waals surface area (Å²) in [5.41, 5.74) is 2.41. The van der Waals surface area contributed by atoms with Crippen LogP contribution in [0.5, 0.6) is 0 Å². The summed E-state index contributed by atoms with van der Waals surface area (Å²) in [5.74, 6) is 0. The van der Waals surface area contributed by atoms with Crippen LogP contribution in [-0.2, 0) is 7.05 Å². The van der Waals surface area contributed by atoms with Crippen LogP contribution >= 0.6 is 0 Å². The molecule has 2 heterocycles. The molecule has 2 rings (SSSR count). The third kappa shape index (κ3) is 2.45. The Kier molecular flexibility index (Phi) is 3.23. The summed E-state index contributed by atoms with van der Waals surface area (Å²) in [6.07, 6.45) is 5.31. The molecule has 0 saturated heterocycles. The molecule has 0 bridgehead atoms. The van der Waals surface area contributed by atoms with Gasteiger partial charge < -0.3 is 5.32 Å². The monoisotopic (exact) mass is 246 g/mol. The highest BCUT2D eigenvalue weighted by Crippen LogP contribution is 2.12. The molecule has 0 amide bonds. The van der Waals surface area contributed by atoms with Crippen molar-refractivity contribution < 1.29 is 0 Å². The summed E-state index contributed by atoms with van der Waals surface area (Å²) < 4.78 is 3.30. The van der Waals surface area contributed by atoms with E-state index in [0.717, 1.165) is 11.4 Å². The molecule has 0 unspecified atom stereocenters. The van der Waals surface area contributed by atoms with Crippen molar-refractivity contribution in [1.82, 2.24) is 14.3 Å². The smallest absolute Gasteiger partial charge is 0.258 e. The minimum atomic E-state index is -0.0164. The van der Waals surface area contributed by atoms with Gasteiger partial charge in [0.1, 0.15) is 0 Å². The number of hydrogen-bond donors (Lipinski definition) is 1. The number of hydrogen-bond acceptors (Lipinski definition) is 3. The molecule has 2 aromatic rings. The number of nitrogens with one attached hydrogen (secondary N) is 1. The van der Waals surface area contributed by atoms with E-state index in [2.05, 4.69) is 24.3 Å². The van der Waals surface area contributed by atoms with Gasteiger partial charge in [-0.15, -0.1) is 0 Å². The molecule has 0 aliphatic heterocycles. The zero-order valence-electron chi connectivity index (χ0n) is 11.1. The van der Waals surface area contributed by atoms with Crippen LogP contribution in [0.15, 0.2) is 29.5 Å². The summed E-state index contributed by atoms with van der Waals surface area (Å²) >= 11 is 0. The topological polar surface area (TPSA) is 51.9 Å². The number of nitrogens with zero attached hydrogens (tertiary/aromatic N) is 3. The third-order valence-electron chi connectivity index (χ3n) is 2.62. The van der Waals surface area contributed by atoms with Crippen LogP contribution in [0, 0.1) is 6.92 Å². The van der Waals surface area contributed by atoms with Crippen molar-refractivity contribution in [3.63, 3.8) is 0 Å². The van der Waals surface area contributed by atoms with Crippen LogP contribution < -0.4 is 10.9 Å². The van der Waals surface area contributed by atoms with Gasteiger partial charge in [0.05, 0.1) is 17.6 Å². The number of aromatic nitrogens is 3. The molecule has 96 valence electrons. The van der Waals surface area contributed by atoms with Crippen LogP contribution in [0.2, 0.25) is 0 Å². The zero-order chi connectivity index (χ0) is 13.3. The molecule has 0 aliphatic rings. The van der Waals surface area contributed by atoms with Crippen LogP contribution in [-0.4, -0.2) is 20.4 Å². The Morgan fingerprint density at radius 2 is 2.06 bits per heavy atom. The molecule has 0 spiro atoms. The Morgan fingerprint density at radius 1 is 1.33 bits per heavy atom. The van der Waals surface area contributed by atoms with Crippen LogP contribution in [0.4, 0.5) is 5.69 Å². The van der Waals surface area contributed by atoms with E-state index in [4.69, 9.17) is 0 Å². The van der Waals surface area contributed by atoms with Gasteiger partial charge >= 0.3 is 0 Å². The molecule has 0 fully saturated rings. The largest absolute Gasteiger partial charge is 0.382 e. The van der Waals surface area contributed by atoms with E-state index in [1.807, 2.05) is 32.4 Å². The summed E-state index contributed by atoms with van der Waals surface area (Å²) in [6, 6.07) is 2.19. The molecule has 0 saturated carbocycles. The molecular weight excluding hydrogens is 228 g/mol. The minimum absolute atomic E-state index is 0.0164. The van der Waals surface area contributed by atoms with Crippen molar-refractivity contribution in [3.8, 4) is 5.69 Å². The van der Waals surface area contributed by atoms with Gasteiger partial charge in [-0.3, -0.25) is 14.0 Å². The van der Waals surface area contributed by atoms with Crippen LogP contribution in [0.3, 0.4) is 0 Å². The van der Waals surface area contributed by atoms with Crippen LogP contribution in [0.1, 0.15) is 19.4 Å². The Balaban J connectivity index is 2.52. The molecule has 18 heavy (non-hydrogen) atoms. The molecule has 5 heteroatoms. The maximum absolute atomic E-state index is 12.1. The quantitative estimate of drug-likeness (QED) is 0.896. The average molecular weight is 246 g/mol. The summed E-state index contributed by atoms with van der Waals surface area (Å²) in [5, 5.41) is 7.39. The normalized spacial score (nSPS) is 10.9. The Bertz CT molecular complexity index is 610. The van der Waals surface area contributed by atoms with Gasteiger partial charge in [0.15, 0.2) is 0 Å². The standard InChI is InChI=1S/C13H18N4O/c1-9(2)15-11-5-10(3)13(18)17(7-11)12-6-14-16(4)8-12/h5-9,15H,1-4H3. The molecule has 5 nitrogen and oxygen atoms in total. The number of rotatable bonds is 3. The second-order valence-electron chi connectivity index (χ2n) is 4.76. The highest BCUT2D eigenvalue weighted by Gasteiger charge is 2.07. The first-order chi connectivity index (χ1) is 8.47. The molecule has 0 aromatic carbocycles. The van der Waals surface area contributed by atoms with E-state index < -0.39 is 0 Å². The number of anilines is 1. The first-order valence-corrected chi connectivity index (χ1v) is 5.96. The average Bonchev–Trinajstić information content (AvgIpc) is 2.69. The molecule has 0 atom stereocenters. The van der Waals surface area contributed by atoms with Crippen molar-refractivity contribution in [2.75, 3.05) is 5.32 Å². The molecule has 0 radical (unpaired) electrons. The lowest BCUT2D eigenvalue weighted by Crippen LogP contribution is -2.21. The fourth-order valence-corrected chi connectivity index (χ4v) is 1.86. The molecule has 0 aliphatic carbocycles. The maximum atomic E-state index is 12.1. The highest BCUT2D eigenvalue weighted by molar-refractivity contribution is 5.46. The molecule has 1 N–H and O–H groups in total. The van der Waals surface area contributed by atoms with Crippen molar-refractivity contribution in [2.45, 2.75) is 26.8 Å². The predicted octanol–water partition coefficient (Wildman–Crippen LogP) is 1.70. The lowest BCUT2D eigenvalue weighted by atomic mass is 10.2. The first-order valence-electron chi connectivity index (χ1n) is 5.96. The molecular formula is C13H18N4O. The summed E-state index contributed by atoms with van der Waals surface area (Å²) in [6.45, 7) is 5.95. The first kappa shape index (κ1) is 12.4. The lowest BCUT2D eigenvalue weighted by Gasteiger charge is -2.13. The molecule has 2 aromatic heterocycles. The van der Waals surface area contributed by atoms with E-state index in [0.29, 0.717) is 11.6 Å². The number of pyridine rings is 1. The van der Waals surface area contributed by atoms with Gasteiger partial charge in [-0.25, -0.2) is 0 Å². The van der Waals surface area contributed by atoms with E-state index >= 15 is 0 Å². The SMILES string of the molecule is Cc1cc(NC(C)C)cn(-c2cnn(C)c2)c1=O. The second kappa shape index (κ2) is 4.68. The third-order valence-corrected chi connectivity index (χ3v) is 2.62. The van der Waals surface area contributed by atoms with E-state index in [9.17, 15) is 4.79 Å². The van der Waals surface area contributed by atoms with E-state index in [1.54, 1.807) is 15.4 Å². The fraction of sp³-hybridized carbons (Fsp3) is 0.385. The second-order valence-corrected chi connectivity index (χ2v) is 4.76. The van der Waals surface area contributed by atoms with Crippen molar-refractivity contribution in [2.24, 2.45) is 7.05 Å². The van der Waals surface area contributed by atoms with Gasteiger partial charge in [0.2, 0.25) is 0 Å². The van der Waals surface area contributed by atoms with Crippen molar-refractivity contribution in [3.05, 3.63) is 40.6 Å². The highest BCUT2D eigenvalue weighted by atomic mass is 16.1. The fourth-order valence-electron chi connectivity index (χ4n) is 1.86. The van der Waals surface area contributed by atoms with Crippen molar-refractivity contribution in [1.29, 1.82) is 0 Å². The van der Waals surface area contributed by atoms with Crippen molar-refractivity contribution >= 4 is 5.69 Å². The van der Waals surface area contributed by atoms with Gasteiger partial charge in [-0.1, -0.05) is 0 Å². The Morgan fingerprint density at radius 3 is 2.61 bits per heavy atom. The predicted molar refractivity (Wildman–Crippen MR) is 72.3 cm³/mol. The lowest BCUT2D eigenvalue weighted by molar-refractivity contribution is 0.767. The Labute approximate surface area is 106 Å². The van der Waals surface area contributed by atoms with Gasteiger partial charge in [-0.2, -0.15) is 5.10 Å². The zero-order valence-corrected chi connectivity index (χ0v) is 11.1. The summed E-state index contributed by atoms with van der Waals surface area (Å²) in [4.78, 5) is 12.1. The van der Waals surface area contributed by atoms with E-state index in [1.165, 1.54) is 0 Å². The minimum Gasteiger partial charge on any atom is -0.382 e. The van der Waals surface area contributed by atoms with Gasteiger partial charge in [-0.05, 0) is 26.8 Å².